The summed E-state index contributed by atoms with van der Waals surface area (Å²) in [6.45, 7) is 5.02. The normalized spacial score (nSPS) is 15.7. The number of ether oxygens (including phenoxy) is 1. The van der Waals surface area contributed by atoms with Gasteiger partial charge in [-0.15, -0.1) is 5.10 Å². The van der Waals surface area contributed by atoms with Crippen LogP contribution in [0.15, 0.2) is 41.1 Å². The van der Waals surface area contributed by atoms with E-state index in [0.29, 0.717) is 29.3 Å². The van der Waals surface area contributed by atoms with E-state index in [-0.39, 0.29) is 11.5 Å². The summed E-state index contributed by atoms with van der Waals surface area (Å²) >= 11 is 0. The predicted molar refractivity (Wildman–Crippen MR) is 96.9 cm³/mol. The molecule has 1 heterocycles. The molecule has 0 aliphatic carbocycles. The molecule has 0 radical (unpaired) electrons. The van der Waals surface area contributed by atoms with Gasteiger partial charge in [0, 0.05) is 18.1 Å². The summed E-state index contributed by atoms with van der Waals surface area (Å²) in [5, 5.41) is 27.3. The van der Waals surface area contributed by atoms with Crippen molar-refractivity contribution < 1.29 is 24.5 Å². The molecule has 1 aliphatic heterocycles. The molecule has 1 amide bonds. The average molecular weight is 359 g/mol. The number of aliphatic hydroxyl groups excluding tert-OH is 1. The number of hydrogen-bond donors (Lipinski definition) is 3. The lowest BCUT2D eigenvalue weighted by molar-refractivity contribution is -0.137. The van der Waals surface area contributed by atoms with Gasteiger partial charge >= 0.3 is 5.97 Å². The largest absolute Gasteiger partial charge is 0.505 e. The van der Waals surface area contributed by atoms with Crippen LogP contribution in [0.1, 0.15) is 31.9 Å². The maximum Gasteiger partial charge on any atom is 0.322 e. The molecule has 0 spiro atoms. The number of carbonyl (C=O) groups excluding carboxylic acids is 1. The summed E-state index contributed by atoms with van der Waals surface area (Å²) in [5.41, 5.74) is 1.55. The molecule has 1 aliphatic rings. The van der Waals surface area contributed by atoms with Gasteiger partial charge < -0.3 is 20.3 Å². The second kappa shape index (κ2) is 8.19. The molecule has 138 valence electrons. The Kier molecular flexibility index (Phi) is 6.00. The number of amides is 1. The molecule has 1 aromatic carbocycles. The fourth-order valence-electron chi connectivity index (χ4n) is 2.58. The van der Waals surface area contributed by atoms with E-state index in [1.807, 2.05) is 6.07 Å². The topological polar surface area (TPSA) is 111 Å². The summed E-state index contributed by atoms with van der Waals surface area (Å²) in [6.07, 6.45) is 1.75. The number of fused-ring (bicyclic) bond motifs is 1. The van der Waals surface area contributed by atoms with Crippen molar-refractivity contribution >= 4 is 29.2 Å². The molecule has 0 atom stereocenters. The third-order valence-electron chi connectivity index (χ3n) is 3.61. The molecule has 0 aromatic heterocycles. The van der Waals surface area contributed by atoms with Gasteiger partial charge in [0.05, 0.1) is 12.3 Å². The Morgan fingerprint density at radius 1 is 1.31 bits per heavy atom. The third-order valence-corrected chi connectivity index (χ3v) is 3.61. The highest BCUT2D eigenvalue weighted by atomic mass is 16.5. The zero-order valence-electron chi connectivity index (χ0n) is 14.8. The van der Waals surface area contributed by atoms with Gasteiger partial charge in [-0.25, -0.2) is 5.01 Å². The molecule has 1 aromatic rings. The second-order valence-corrected chi connectivity index (χ2v) is 5.36. The van der Waals surface area contributed by atoms with Crippen molar-refractivity contribution in [2.45, 2.75) is 20.8 Å². The first-order chi connectivity index (χ1) is 12.4. The molecular weight excluding hydrogens is 338 g/mol. The first-order valence-electron chi connectivity index (χ1n) is 8.08. The number of hydrogen-bond acceptors (Lipinski definition) is 6. The fourth-order valence-corrected chi connectivity index (χ4v) is 2.58. The van der Waals surface area contributed by atoms with E-state index >= 15 is 0 Å². The number of carboxylic acids is 1. The van der Waals surface area contributed by atoms with Crippen LogP contribution in [0, 0.1) is 0 Å². The summed E-state index contributed by atoms with van der Waals surface area (Å²) in [4.78, 5) is 23.3. The standard InChI is InChI=1S/C18H21N3O5/c1-4-14-12-8-6-7-9-13(12)17(24)16(18(25)19-10-15(22)23)21(14)20-11(3)26-5-2/h4,6-9,24H,5,10H2,1-3H3,(H,19,25)(H,22,23)/b14-4+,20-11+. The van der Waals surface area contributed by atoms with Gasteiger partial charge in [0.15, 0.2) is 11.5 Å². The number of carboxylic acid groups (broad SMARTS) is 1. The maximum absolute atomic E-state index is 12.6. The monoisotopic (exact) mass is 359 g/mol. The molecule has 8 nitrogen and oxygen atoms in total. The van der Waals surface area contributed by atoms with E-state index in [9.17, 15) is 14.7 Å². The summed E-state index contributed by atoms with van der Waals surface area (Å²) in [5.74, 6) is -1.95. The summed E-state index contributed by atoms with van der Waals surface area (Å²) in [7, 11) is 0. The molecule has 8 heteroatoms. The van der Waals surface area contributed by atoms with Crippen molar-refractivity contribution in [1.29, 1.82) is 0 Å². The van der Waals surface area contributed by atoms with Crippen molar-refractivity contribution in [3.05, 3.63) is 47.2 Å². The fraction of sp³-hybridized carbons (Fsp3) is 0.278. The lowest BCUT2D eigenvalue weighted by atomic mass is 9.97. The zero-order valence-corrected chi connectivity index (χ0v) is 14.8. The van der Waals surface area contributed by atoms with Crippen LogP contribution in [0.25, 0.3) is 11.5 Å². The number of benzene rings is 1. The first kappa shape index (κ1) is 19.0. The minimum Gasteiger partial charge on any atom is -0.505 e. The van der Waals surface area contributed by atoms with Gasteiger partial charge in [-0.3, -0.25) is 9.59 Å². The molecule has 26 heavy (non-hydrogen) atoms. The highest BCUT2D eigenvalue weighted by Gasteiger charge is 2.33. The van der Waals surface area contributed by atoms with Gasteiger partial charge in [0.1, 0.15) is 6.54 Å². The molecule has 0 unspecified atom stereocenters. The molecular formula is C18H21N3O5. The van der Waals surface area contributed by atoms with Gasteiger partial charge in [-0.05, 0) is 13.8 Å². The van der Waals surface area contributed by atoms with Crippen LogP contribution < -0.4 is 5.32 Å². The molecule has 0 bridgehead atoms. The smallest absolute Gasteiger partial charge is 0.322 e. The Hall–Kier alpha value is -3.29. The van der Waals surface area contributed by atoms with Crippen molar-refractivity contribution in [2.75, 3.05) is 13.2 Å². The van der Waals surface area contributed by atoms with Gasteiger partial charge in [0.2, 0.25) is 5.90 Å². The number of aliphatic carboxylic acids is 1. The molecule has 0 saturated carbocycles. The minimum atomic E-state index is -1.19. The highest BCUT2D eigenvalue weighted by molar-refractivity contribution is 6.04. The van der Waals surface area contributed by atoms with E-state index in [0.717, 1.165) is 0 Å². The van der Waals surface area contributed by atoms with Crippen molar-refractivity contribution in [2.24, 2.45) is 5.10 Å². The number of allylic oxidation sites excluding steroid dienone is 1. The first-order valence-corrected chi connectivity index (χ1v) is 8.08. The van der Waals surface area contributed by atoms with E-state index in [1.165, 1.54) is 5.01 Å². The van der Waals surface area contributed by atoms with Crippen LogP contribution >= 0.6 is 0 Å². The quantitative estimate of drug-likeness (QED) is 0.549. The Labute approximate surface area is 151 Å². The molecule has 0 saturated heterocycles. The van der Waals surface area contributed by atoms with Gasteiger partial charge in [-0.1, -0.05) is 30.3 Å². The number of hydrazone groups is 1. The number of nitrogens with zero attached hydrogens (tertiary/aromatic N) is 2. The van der Waals surface area contributed by atoms with Gasteiger partial charge in [0.25, 0.3) is 5.91 Å². The third kappa shape index (κ3) is 3.85. The number of aliphatic hydroxyl groups is 1. The summed E-state index contributed by atoms with van der Waals surface area (Å²) in [6, 6.07) is 7.02. The molecule has 0 fully saturated rings. The molecule has 2 rings (SSSR count). The maximum atomic E-state index is 12.6. The van der Waals surface area contributed by atoms with E-state index < -0.39 is 18.4 Å². The Balaban J connectivity index is 2.61. The van der Waals surface area contributed by atoms with Crippen molar-refractivity contribution in [3.63, 3.8) is 0 Å². The van der Waals surface area contributed by atoms with Crippen LogP contribution in [-0.2, 0) is 14.3 Å². The van der Waals surface area contributed by atoms with Crippen LogP contribution in [0.4, 0.5) is 0 Å². The second-order valence-electron chi connectivity index (χ2n) is 5.36. The summed E-state index contributed by atoms with van der Waals surface area (Å²) < 4.78 is 5.34. The Morgan fingerprint density at radius 2 is 1.96 bits per heavy atom. The number of carbonyl (C=O) groups is 2. The number of rotatable bonds is 5. The van der Waals surface area contributed by atoms with Crippen LogP contribution in [0.2, 0.25) is 0 Å². The lowest BCUT2D eigenvalue weighted by Gasteiger charge is -2.30. The number of nitrogens with one attached hydrogen (secondary N) is 1. The Bertz CT molecular complexity index is 811. The lowest BCUT2D eigenvalue weighted by Crippen LogP contribution is -2.37. The average Bonchev–Trinajstić information content (AvgIpc) is 2.60. The predicted octanol–water partition coefficient (Wildman–Crippen LogP) is 2.16. The highest BCUT2D eigenvalue weighted by Crippen LogP contribution is 2.37. The minimum absolute atomic E-state index is 0.169. The van der Waals surface area contributed by atoms with Crippen LogP contribution in [0.5, 0.6) is 0 Å². The Morgan fingerprint density at radius 3 is 2.54 bits per heavy atom. The van der Waals surface area contributed by atoms with Crippen molar-refractivity contribution in [3.8, 4) is 0 Å². The zero-order chi connectivity index (χ0) is 19.3. The van der Waals surface area contributed by atoms with Crippen molar-refractivity contribution in [1.82, 2.24) is 10.3 Å². The van der Waals surface area contributed by atoms with Crippen LogP contribution in [-0.4, -0.2) is 46.1 Å². The van der Waals surface area contributed by atoms with E-state index in [2.05, 4.69) is 10.4 Å². The molecule has 3 N–H and O–H groups in total. The van der Waals surface area contributed by atoms with E-state index in [4.69, 9.17) is 9.84 Å². The van der Waals surface area contributed by atoms with Crippen LogP contribution in [0.3, 0.4) is 0 Å². The SMILES string of the molecule is C/C=C1\c2ccccc2C(O)=C(C(=O)NCC(=O)O)N1/N=C(\C)OCC. The van der Waals surface area contributed by atoms with Gasteiger partial charge in [-0.2, -0.15) is 0 Å². The van der Waals surface area contributed by atoms with E-state index in [1.54, 1.807) is 45.0 Å².